The van der Waals surface area contributed by atoms with Crippen molar-refractivity contribution >= 4 is 56.7 Å². The lowest BCUT2D eigenvalue weighted by Gasteiger charge is -2.33. The van der Waals surface area contributed by atoms with Crippen LogP contribution in [0.25, 0.3) is 15.7 Å². The Hall–Kier alpha value is -2.90. The minimum Gasteiger partial charge on any atom is -0.329 e. The number of pyridine rings is 2. The molecule has 3 aromatic rings. The number of amides is 3. The third kappa shape index (κ3) is 2.66. The summed E-state index contributed by atoms with van der Waals surface area (Å²) < 4.78 is 0. The highest BCUT2D eigenvalue weighted by Gasteiger charge is 2.45. The highest BCUT2D eigenvalue weighted by molar-refractivity contribution is 8.09. The molecule has 0 aliphatic carbocycles. The second-order valence-electron chi connectivity index (χ2n) is 6.45. The lowest BCUT2D eigenvalue weighted by atomic mass is 10.1. The van der Waals surface area contributed by atoms with E-state index in [9.17, 15) is 9.59 Å². The van der Waals surface area contributed by atoms with E-state index in [1.807, 2.05) is 30.3 Å². The van der Waals surface area contributed by atoms with E-state index in [-0.39, 0.29) is 11.9 Å². The Morgan fingerprint density at radius 1 is 1.07 bits per heavy atom. The van der Waals surface area contributed by atoms with Crippen molar-refractivity contribution in [3.63, 3.8) is 0 Å². The zero-order chi connectivity index (χ0) is 19.3. The van der Waals surface area contributed by atoms with Crippen LogP contribution in [0.15, 0.2) is 61.2 Å². The Labute approximate surface area is 169 Å². The molecule has 28 heavy (non-hydrogen) atoms. The Bertz CT molecular complexity index is 1160. The average molecular weight is 409 g/mol. The van der Waals surface area contributed by atoms with Crippen LogP contribution < -0.4 is 10.2 Å². The number of nitrogens with one attached hydrogen (secondary N) is 1. The van der Waals surface area contributed by atoms with Crippen LogP contribution in [0.3, 0.4) is 0 Å². The summed E-state index contributed by atoms with van der Waals surface area (Å²) in [5.41, 5.74) is 1.31. The standard InChI is InChI=1S/C20H13ClN4O2S/c21-14-4-2-1-3-13(14)17-7-15-18(28-17)19(26)25(20(27)24-15)16-10-23-9-11-8-22-6-5-12(11)16/h1-10,15,18H,(H,24,27). The summed E-state index contributed by atoms with van der Waals surface area (Å²) in [7, 11) is 0. The molecule has 0 spiro atoms. The maximum atomic E-state index is 13.3. The Kier molecular flexibility index (Phi) is 4.07. The summed E-state index contributed by atoms with van der Waals surface area (Å²) >= 11 is 7.72. The van der Waals surface area contributed by atoms with Crippen molar-refractivity contribution in [1.82, 2.24) is 15.3 Å². The van der Waals surface area contributed by atoms with Crippen molar-refractivity contribution in [1.29, 1.82) is 0 Å². The molecule has 1 fully saturated rings. The SMILES string of the molecule is O=C1NC2C=C(c3ccccc3Cl)SC2C(=O)N1c1cncc2cnccc12. The maximum Gasteiger partial charge on any atom is 0.329 e. The number of benzene rings is 1. The maximum absolute atomic E-state index is 13.3. The second kappa shape index (κ2) is 6.61. The number of rotatable bonds is 2. The van der Waals surface area contributed by atoms with E-state index < -0.39 is 11.3 Å². The molecule has 1 saturated heterocycles. The topological polar surface area (TPSA) is 75.2 Å². The Balaban J connectivity index is 1.52. The molecule has 2 aromatic heterocycles. The normalized spacial score (nSPS) is 21.5. The molecular weight excluding hydrogens is 396 g/mol. The third-order valence-electron chi connectivity index (χ3n) is 4.79. The quantitative estimate of drug-likeness (QED) is 0.696. The Morgan fingerprint density at radius 2 is 1.89 bits per heavy atom. The van der Waals surface area contributed by atoms with E-state index in [2.05, 4.69) is 15.3 Å². The fourth-order valence-corrected chi connectivity index (χ4v) is 5.07. The molecule has 0 radical (unpaired) electrons. The fourth-order valence-electron chi connectivity index (χ4n) is 3.48. The Morgan fingerprint density at radius 3 is 2.75 bits per heavy atom. The van der Waals surface area contributed by atoms with Gasteiger partial charge in [0.05, 0.1) is 17.9 Å². The van der Waals surface area contributed by atoms with Gasteiger partial charge < -0.3 is 5.32 Å². The van der Waals surface area contributed by atoms with E-state index in [1.165, 1.54) is 22.9 Å². The van der Waals surface area contributed by atoms with E-state index in [0.29, 0.717) is 10.7 Å². The summed E-state index contributed by atoms with van der Waals surface area (Å²) in [6, 6.07) is 8.40. The van der Waals surface area contributed by atoms with Crippen LogP contribution in [0, 0.1) is 0 Å². The molecule has 8 heteroatoms. The van der Waals surface area contributed by atoms with Gasteiger partial charge in [0.25, 0.3) is 5.91 Å². The van der Waals surface area contributed by atoms with Crippen molar-refractivity contribution in [2.75, 3.05) is 4.90 Å². The summed E-state index contributed by atoms with van der Waals surface area (Å²) in [5.74, 6) is -0.275. The molecule has 2 atom stereocenters. The number of urea groups is 1. The summed E-state index contributed by atoms with van der Waals surface area (Å²) in [4.78, 5) is 36.3. The fraction of sp³-hybridized carbons (Fsp3) is 0.100. The van der Waals surface area contributed by atoms with E-state index in [1.54, 1.807) is 24.7 Å². The van der Waals surface area contributed by atoms with Crippen molar-refractivity contribution < 1.29 is 9.59 Å². The number of thioether (sulfide) groups is 1. The van der Waals surface area contributed by atoms with Crippen LogP contribution in [-0.2, 0) is 4.79 Å². The van der Waals surface area contributed by atoms with Gasteiger partial charge in [0, 0.05) is 44.9 Å². The first-order valence-electron chi connectivity index (χ1n) is 8.59. The van der Waals surface area contributed by atoms with Gasteiger partial charge in [-0.25, -0.2) is 9.69 Å². The van der Waals surface area contributed by atoms with Crippen LogP contribution in [0.4, 0.5) is 10.5 Å². The number of anilines is 1. The number of hydrogen-bond acceptors (Lipinski definition) is 5. The first-order valence-corrected chi connectivity index (χ1v) is 9.85. The number of fused-ring (bicyclic) bond motifs is 2. The predicted molar refractivity (Wildman–Crippen MR) is 110 cm³/mol. The average Bonchev–Trinajstić information content (AvgIpc) is 3.12. The molecule has 1 aromatic carbocycles. The molecule has 5 rings (SSSR count). The van der Waals surface area contributed by atoms with Gasteiger partial charge in [-0.3, -0.25) is 14.8 Å². The van der Waals surface area contributed by atoms with Crippen LogP contribution >= 0.6 is 23.4 Å². The highest BCUT2D eigenvalue weighted by atomic mass is 35.5. The number of halogens is 1. The molecule has 1 N–H and O–H groups in total. The summed E-state index contributed by atoms with van der Waals surface area (Å²) in [6.45, 7) is 0. The van der Waals surface area contributed by atoms with Crippen LogP contribution in [0.2, 0.25) is 5.02 Å². The van der Waals surface area contributed by atoms with Crippen molar-refractivity contribution in [3.05, 3.63) is 71.8 Å². The van der Waals surface area contributed by atoms with Gasteiger partial charge in [-0.1, -0.05) is 29.8 Å². The summed E-state index contributed by atoms with van der Waals surface area (Å²) in [5, 5.41) is 4.58. The second-order valence-corrected chi connectivity index (χ2v) is 8.04. The molecule has 2 aliphatic heterocycles. The zero-order valence-corrected chi connectivity index (χ0v) is 15.9. The zero-order valence-electron chi connectivity index (χ0n) is 14.4. The first-order chi connectivity index (χ1) is 13.6. The van der Waals surface area contributed by atoms with Crippen LogP contribution in [0.1, 0.15) is 5.56 Å². The van der Waals surface area contributed by atoms with Gasteiger partial charge in [-0.05, 0) is 18.2 Å². The smallest absolute Gasteiger partial charge is 0.329 e. The van der Waals surface area contributed by atoms with Gasteiger partial charge in [0.1, 0.15) is 5.25 Å². The lowest BCUT2D eigenvalue weighted by molar-refractivity contribution is -0.118. The number of nitrogens with zero attached hydrogens (tertiary/aromatic N) is 3. The molecule has 6 nitrogen and oxygen atoms in total. The van der Waals surface area contributed by atoms with Gasteiger partial charge in [0.2, 0.25) is 0 Å². The summed E-state index contributed by atoms with van der Waals surface area (Å²) in [6.07, 6.45) is 8.37. The minimum absolute atomic E-state index is 0.275. The van der Waals surface area contributed by atoms with E-state index in [0.717, 1.165) is 21.2 Å². The molecule has 138 valence electrons. The van der Waals surface area contributed by atoms with Gasteiger partial charge in [-0.2, -0.15) is 0 Å². The van der Waals surface area contributed by atoms with E-state index >= 15 is 0 Å². The molecular formula is C20H13ClN4O2S. The predicted octanol–water partition coefficient (Wildman–Crippen LogP) is 3.86. The number of hydrogen-bond donors (Lipinski definition) is 1. The first kappa shape index (κ1) is 17.2. The van der Waals surface area contributed by atoms with Crippen molar-refractivity contribution in [3.8, 4) is 0 Å². The molecule has 0 bridgehead atoms. The largest absolute Gasteiger partial charge is 0.329 e. The molecule has 4 heterocycles. The molecule has 3 amide bonds. The number of carbonyl (C=O) groups excluding carboxylic acids is 2. The molecule has 0 saturated carbocycles. The number of carbonyl (C=O) groups is 2. The lowest BCUT2D eigenvalue weighted by Crippen LogP contribution is -2.60. The number of aromatic nitrogens is 2. The van der Waals surface area contributed by atoms with E-state index in [4.69, 9.17) is 11.6 Å². The molecule has 2 aliphatic rings. The molecule has 2 unspecified atom stereocenters. The van der Waals surface area contributed by atoms with Crippen molar-refractivity contribution in [2.24, 2.45) is 0 Å². The highest BCUT2D eigenvalue weighted by Crippen LogP contribution is 2.44. The van der Waals surface area contributed by atoms with Gasteiger partial charge in [-0.15, -0.1) is 11.8 Å². The third-order valence-corrected chi connectivity index (χ3v) is 6.47. The monoisotopic (exact) mass is 408 g/mol. The van der Waals surface area contributed by atoms with Crippen LogP contribution in [0.5, 0.6) is 0 Å². The van der Waals surface area contributed by atoms with Crippen LogP contribution in [-0.4, -0.2) is 33.2 Å². The number of imide groups is 1. The van der Waals surface area contributed by atoms with Gasteiger partial charge >= 0.3 is 6.03 Å². The van der Waals surface area contributed by atoms with Gasteiger partial charge in [0.15, 0.2) is 0 Å². The van der Waals surface area contributed by atoms with Crippen molar-refractivity contribution in [2.45, 2.75) is 11.3 Å². The minimum atomic E-state index is -0.463.